The van der Waals surface area contributed by atoms with Gasteiger partial charge in [-0.3, -0.25) is 0 Å². The minimum atomic E-state index is 0. The zero-order chi connectivity index (χ0) is 10.5. The molecule has 0 heterocycles. The monoisotopic (exact) mass is 367 g/mol. The second-order valence-corrected chi connectivity index (χ2v) is 5.12. The molecule has 0 aromatic carbocycles. The fourth-order valence-corrected chi connectivity index (χ4v) is 2.05. The van der Waals surface area contributed by atoms with Gasteiger partial charge in [-0.15, -0.1) is 0 Å². The average molecular weight is 367 g/mol. The first-order valence-electron chi connectivity index (χ1n) is 5.53. The molecule has 0 saturated carbocycles. The van der Waals surface area contributed by atoms with E-state index in [2.05, 4.69) is 41.5 Å². The minimum Gasteiger partial charge on any atom is -0.370 e. The van der Waals surface area contributed by atoms with Crippen molar-refractivity contribution in [3.63, 3.8) is 0 Å². The first-order chi connectivity index (χ1) is 5.83. The zero-order valence-electron chi connectivity index (χ0n) is 10.7. The van der Waals surface area contributed by atoms with Gasteiger partial charge in [-0.25, -0.2) is 0 Å². The van der Waals surface area contributed by atoms with Gasteiger partial charge < -0.3 is 4.74 Å². The molecule has 0 unspecified atom stereocenters. The van der Waals surface area contributed by atoms with Gasteiger partial charge in [0.2, 0.25) is 0 Å². The molecule has 85 valence electrons. The summed E-state index contributed by atoms with van der Waals surface area (Å²) in [6.07, 6.45) is 4.66. The largest absolute Gasteiger partial charge is 0.370 e. The Hall–Kier alpha value is 0.700. The smallest absolute Gasteiger partial charge is 0.0633 e. The van der Waals surface area contributed by atoms with E-state index in [4.69, 9.17) is 4.74 Å². The molecule has 0 aromatic heterocycles. The summed E-state index contributed by atoms with van der Waals surface area (Å²) in [5.41, 5.74) is 0.0703. The van der Waals surface area contributed by atoms with Crippen molar-refractivity contribution < 1.29 is 27.1 Å². The Kier molecular flexibility index (Phi) is 8.62. The normalized spacial score (nSPS) is 12.4. The molecule has 0 rings (SSSR count). The molecule has 14 heavy (non-hydrogen) atoms. The molecule has 0 aliphatic heterocycles. The predicted molar refractivity (Wildman–Crippen MR) is 59.1 cm³/mol. The molecule has 0 saturated heterocycles. The molecule has 0 fully saturated rings. The van der Waals surface area contributed by atoms with E-state index in [0.717, 1.165) is 12.8 Å². The standard InChI is InChI=1S/C12H26O.Ta/c1-7-9-11(3,4)13-12(5,6)10-8-2;/h7-10H2,1-6H3;. The molecule has 2 heteroatoms. The maximum atomic E-state index is 6.11. The Morgan fingerprint density at radius 2 is 1.07 bits per heavy atom. The summed E-state index contributed by atoms with van der Waals surface area (Å²) in [6, 6.07) is 0. The van der Waals surface area contributed by atoms with Crippen LogP contribution < -0.4 is 0 Å². The van der Waals surface area contributed by atoms with Gasteiger partial charge >= 0.3 is 0 Å². The Balaban J connectivity index is 0. The van der Waals surface area contributed by atoms with Gasteiger partial charge in [0, 0.05) is 22.4 Å². The Labute approximate surface area is 106 Å². The van der Waals surface area contributed by atoms with Gasteiger partial charge in [0.1, 0.15) is 0 Å². The summed E-state index contributed by atoms with van der Waals surface area (Å²) in [4.78, 5) is 0. The van der Waals surface area contributed by atoms with Crippen molar-refractivity contribution in [1.29, 1.82) is 0 Å². The molecule has 0 amide bonds. The zero-order valence-corrected chi connectivity index (χ0v) is 13.9. The van der Waals surface area contributed by atoms with E-state index < -0.39 is 0 Å². The summed E-state index contributed by atoms with van der Waals surface area (Å²) in [5.74, 6) is 0. The van der Waals surface area contributed by atoms with E-state index in [1.54, 1.807) is 0 Å². The van der Waals surface area contributed by atoms with Crippen LogP contribution in [0.5, 0.6) is 0 Å². The number of hydrogen-bond acceptors (Lipinski definition) is 1. The first kappa shape index (κ1) is 17.1. The van der Waals surface area contributed by atoms with Crippen molar-refractivity contribution >= 4 is 0 Å². The van der Waals surface area contributed by atoms with Crippen molar-refractivity contribution in [3.05, 3.63) is 0 Å². The van der Waals surface area contributed by atoms with Crippen molar-refractivity contribution in [1.82, 2.24) is 0 Å². The maximum absolute atomic E-state index is 6.11. The van der Waals surface area contributed by atoms with E-state index >= 15 is 0 Å². The topological polar surface area (TPSA) is 9.23 Å². The van der Waals surface area contributed by atoms with E-state index in [0.29, 0.717) is 0 Å². The quantitative estimate of drug-likeness (QED) is 0.685. The SMILES string of the molecule is CCCC(C)(C)OC(C)(C)CCC.[Ta]. The third-order valence-corrected chi connectivity index (χ3v) is 2.26. The van der Waals surface area contributed by atoms with Gasteiger partial charge in [-0.1, -0.05) is 26.7 Å². The van der Waals surface area contributed by atoms with Gasteiger partial charge in [0.05, 0.1) is 11.2 Å². The fourth-order valence-electron chi connectivity index (χ4n) is 2.05. The van der Waals surface area contributed by atoms with Gasteiger partial charge in [-0.2, -0.15) is 0 Å². The molecule has 0 atom stereocenters. The summed E-state index contributed by atoms with van der Waals surface area (Å²) in [6.45, 7) is 13.2. The summed E-state index contributed by atoms with van der Waals surface area (Å²) < 4.78 is 6.11. The van der Waals surface area contributed by atoms with Crippen molar-refractivity contribution in [3.8, 4) is 0 Å². The number of ether oxygens (including phenoxy) is 1. The molecule has 1 radical (unpaired) electrons. The predicted octanol–water partition coefficient (Wildman–Crippen LogP) is 4.16. The molecule has 0 aliphatic rings. The Morgan fingerprint density at radius 1 is 0.786 bits per heavy atom. The Morgan fingerprint density at radius 3 is 1.29 bits per heavy atom. The van der Waals surface area contributed by atoms with Crippen LogP contribution in [0.2, 0.25) is 0 Å². The van der Waals surface area contributed by atoms with Crippen molar-refractivity contribution in [2.75, 3.05) is 0 Å². The summed E-state index contributed by atoms with van der Waals surface area (Å²) in [5, 5.41) is 0. The van der Waals surface area contributed by atoms with Gasteiger partial charge in [-0.05, 0) is 40.5 Å². The molecular formula is C12H26OTa. The van der Waals surface area contributed by atoms with Crippen LogP contribution in [0.15, 0.2) is 0 Å². The molecule has 0 spiro atoms. The molecule has 0 N–H and O–H groups in total. The molecule has 1 nitrogen and oxygen atoms in total. The molecule has 0 aliphatic carbocycles. The van der Waals surface area contributed by atoms with E-state index in [1.807, 2.05) is 0 Å². The van der Waals surface area contributed by atoms with Crippen LogP contribution in [-0.4, -0.2) is 11.2 Å². The fraction of sp³-hybridized carbons (Fsp3) is 1.00. The molecular weight excluding hydrogens is 341 g/mol. The van der Waals surface area contributed by atoms with E-state index in [-0.39, 0.29) is 33.6 Å². The molecule has 0 aromatic rings. The van der Waals surface area contributed by atoms with Crippen LogP contribution in [0, 0.1) is 0 Å². The van der Waals surface area contributed by atoms with Crippen LogP contribution in [0.1, 0.15) is 67.2 Å². The van der Waals surface area contributed by atoms with E-state index in [1.165, 1.54) is 12.8 Å². The Bertz CT molecular complexity index is 125. The van der Waals surface area contributed by atoms with Gasteiger partial charge in [0.25, 0.3) is 0 Å². The van der Waals surface area contributed by atoms with Gasteiger partial charge in [0.15, 0.2) is 0 Å². The number of hydrogen-bond donors (Lipinski definition) is 0. The van der Waals surface area contributed by atoms with Crippen LogP contribution >= 0.6 is 0 Å². The third-order valence-electron chi connectivity index (χ3n) is 2.26. The minimum absolute atomic E-state index is 0. The maximum Gasteiger partial charge on any atom is 0.0633 e. The van der Waals surface area contributed by atoms with Crippen molar-refractivity contribution in [2.45, 2.75) is 78.4 Å². The summed E-state index contributed by atoms with van der Waals surface area (Å²) in [7, 11) is 0. The second-order valence-electron chi connectivity index (χ2n) is 5.12. The average Bonchev–Trinajstić information content (AvgIpc) is 1.82. The second kappa shape index (κ2) is 7.05. The van der Waals surface area contributed by atoms with Crippen LogP contribution in [-0.2, 0) is 27.1 Å². The van der Waals surface area contributed by atoms with Crippen LogP contribution in [0.3, 0.4) is 0 Å². The van der Waals surface area contributed by atoms with Crippen LogP contribution in [0.25, 0.3) is 0 Å². The third kappa shape index (κ3) is 8.05. The summed E-state index contributed by atoms with van der Waals surface area (Å²) >= 11 is 0. The number of rotatable bonds is 6. The molecule has 0 bridgehead atoms. The van der Waals surface area contributed by atoms with Crippen LogP contribution in [0.4, 0.5) is 0 Å². The van der Waals surface area contributed by atoms with Crippen molar-refractivity contribution in [2.24, 2.45) is 0 Å². The van der Waals surface area contributed by atoms with E-state index in [9.17, 15) is 0 Å². The first-order valence-corrected chi connectivity index (χ1v) is 5.53.